The first-order chi connectivity index (χ1) is 11.5. The second kappa shape index (κ2) is 10.7. The van der Waals surface area contributed by atoms with Crippen LogP contribution in [0.2, 0.25) is 0 Å². The first kappa shape index (κ1) is 20.0. The lowest BCUT2D eigenvalue weighted by Crippen LogP contribution is -2.38. The Morgan fingerprint density at radius 3 is 2.62 bits per heavy atom. The number of hydrogen-bond donors (Lipinski definition) is 1. The topological polar surface area (TPSA) is 84.4 Å². The molecule has 0 aromatic carbocycles. The first-order valence-electron chi connectivity index (χ1n) is 8.34. The van der Waals surface area contributed by atoms with E-state index in [1.54, 1.807) is 18.2 Å². The molecule has 7 heteroatoms. The SMILES string of the molecule is CCC(C)NC(=O)CCN(CCCOC)C(=O)c1cnc(C)cn1. The molecule has 0 bridgehead atoms. The molecule has 134 valence electrons. The van der Waals surface area contributed by atoms with Crippen molar-refractivity contribution in [1.82, 2.24) is 20.2 Å². The Morgan fingerprint density at radius 2 is 2.04 bits per heavy atom. The van der Waals surface area contributed by atoms with Gasteiger partial charge in [-0.3, -0.25) is 14.6 Å². The summed E-state index contributed by atoms with van der Waals surface area (Å²) in [5, 5.41) is 2.91. The summed E-state index contributed by atoms with van der Waals surface area (Å²) in [5.41, 5.74) is 1.05. The Labute approximate surface area is 143 Å². The average Bonchev–Trinajstić information content (AvgIpc) is 2.57. The fourth-order valence-corrected chi connectivity index (χ4v) is 2.07. The zero-order valence-electron chi connectivity index (χ0n) is 15.0. The second-order valence-electron chi connectivity index (χ2n) is 5.81. The molecular weight excluding hydrogens is 308 g/mol. The molecule has 1 N–H and O–H groups in total. The number of aromatic nitrogens is 2. The maximum atomic E-state index is 12.6. The molecule has 24 heavy (non-hydrogen) atoms. The van der Waals surface area contributed by atoms with Gasteiger partial charge >= 0.3 is 0 Å². The van der Waals surface area contributed by atoms with Crippen molar-refractivity contribution in [2.24, 2.45) is 0 Å². The van der Waals surface area contributed by atoms with Gasteiger partial charge in [-0.1, -0.05) is 6.92 Å². The molecule has 1 atom stereocenters. The highest BCUT2D eigenvalue weighted by molar-refractivity contribution is 5.92. The number of carbonyl (C=O) groups excluding carboxylic acids is 2. The van der Waals surface area contributed by atoms with Crippen molar-refractivity contribution in [3.8, 4) is 0 Å². The third-order valence-electron chi connectivity index (χ3n) is 3.69. The number of nitrogens with zero attached hydrogens (tertiary/aromatic N) is 3. The Hall–Kier alpha value is -2.02. The van der Waals surface area contributed by atoms with Crippen LogP contribution in [-0.4, -0.2) is 59.5 Å². The van der Waals surface area contributed by atoms with Gasteiger partial charge in [0.25, 0.3) is 5.91 Å². The minimum Gasteiger partial charge on any atom is -0.385 e. The zero-order chi connectivity index (χ0) is 17.9. The fourth-order valence-electron chi connectivity index (χ4n) is 2.07. The molecule has 1 unspecified atom stereocenters. The molecule has 0 fully saturated rings. The second-order valence-corrected chi connectivity index (χ2v) is 5.81. The van der Waals surface area contributed by atoms with Crippen molar-refractivity contribution in [3.63, 3.8) is 0 Å². The summed E-state index contributed by atoms with van der Waals surface area (Å²) in [6.07, 6.45) is 4.88. The van der Waals surface area contributed by atoms with Crippen LogP contribution in [0.1, 0.15) is 49.3 Å². The van der Waals surface area contributed by atoms with E-state index in [0.29, 0.717) is 31.8 Å². The molecule has 0 saturated carbocycles. The van der Waals surface area contributed by atoms with Gasteiger partial charge in [0.15, 0.2) is 0 Å². The normalized spacial score (nSPS) is 11.8. The van der Waals surface area contributed by atoms with E-state index >= 15 is 0 Å². The van der Waals surface area contributed by atoms with Crippen LogP contribution in [0.5, 0.6) is 0 Å². The summed E-state index contributed by atoms with van der Waals surface area (Å²) in [5.74, 6) is -0.265. The third-order valence-corrected chi connectivity index (χ3v) is 3.69. The van der Waals surface area contributed by atoms with Crippen molar-refractivity contribution in [1.29, 1.82) is 0 Å². The quantitative estimate of drug-likeness (QED) is 0.656. The van der Waals surface area contributed by atoms with Gasteiger partial charge in [0.1, 0.15) is 5.69 Å². The Bertz CT molecular complexity index is 519. The molecule has 0 saturated heterocycles. The molecule has 7 nitrogen and oxygen atoms in total. The number of hydrogen-bond acceptors (Lipinski definition) is 5. The van der Waals surface area contributed by atoms with Crippen molar-refractivity contribution >= 4 is 11.8 Å². The van der Waals surface area contributed by atoms with Crippen molar-refractivity contribution in [2.75, 3.05) is 26.8 Å². The molecule has 1 aromatic heterocycles. The largest absolute Gasteiger partial charge is 0.385 e. The number of rotatable bonds is 10. The van der Waals surface area contributed by atoms with Crippen LogP contribution < -0.4 is 5.32 Å². The van der Waals surface area contributed by atoms with Gasteiger partial charge in [-0.25, -0.2) is 4.98 Å². The molecule has 1 aromatic rings. The Morgan fingerprint density at radius 1 is 1.29 bits per heavy atom. The first-order valence-corrected chi connectivity index (χ1v) is 8.34. The lowest BCUT2D eigenvalue weighted by Gasteiger charge is -2.22. The van der Waals surface area contributed by atoms with Crippen molar-refractivity contribution in [2.45, 2.75) is 46.1 Å². The number of amides is 2. The van der Waals surface area contributed by atoms with E-state index in [0.717, 1.165) is 12.1 Å². The van der Waals surface area contributed by atoms with Crippen molar-refractivity contribution < 1.29 is 14.3 Å². The van der Waals surface area contributed by atoms with Crippen LogP contribution in [-0.2, 0) is 9.53 Å². The minimum absolute atomic E-state index is 0.0520. The van der Waals surface area contributed by atoms with E-state index in [1.807, 2.05) is 20.8 Å². The van der Waals surface area contributed by atoms with E-state index in [4.69, 9.17) is 4.74 Å². The van der Waals surface area contributed by atoms with Gasteiger partial charge in [0.2, 0.25) is 5.91 Å². The molecule has 0 aliphatic rings. The van der Waals surface area contributed by atoms with Crippen LogP contribution in [0.3, 0.4) is 0 Å². The fraction of sp³-hybridized carbons (Fsp3) is 0.647. The third kappa shape index (κ3) is 7.04. The molecular formula is C17H28N4O3. The number of ether oxygens (including phenoxy) is 1. The molecule has 0 aliphatic carbocycles. The molecule has 0 radical (unpaired) electrons. The van der Waals surface area contributed by atoms with Crippen molar-refractivity contribution in [3.05, 3.63) is 23.8 Å². The lowest BCUT2D eigenvalue weighted by molar-refractivity contribution is -0.121. The number of aryl methyl sites for hydroxylation is 1. The van der Waals surface area contributed by atoms with Crippen LogP contribution in [0.15, 0.2) is 12.4 Å². The lowest BCUT2D eigenvalue weighted by atomic mass is 10.2. The van der Waals surface area contributed by atoms with E-state index < -0.39 is 0 Å². The van der Waals surface area contributed by atoms with Gasteiger partial charge in [0, 0.05) is 45.5 Å². The number of carbonyl (C=O) groups is 2. The van der Waals surface area contributed by atoms with E-state index in [9.17, 15) is 9.59 Å². The predicted octanol–water partition coefficient (Wildman–Crippen LogP) is 1.57. The van der Waals surface area contributed by atoms with Gasteiger partial charge in [-0.05, 0) is 26.7 Å². The number of nitrogens with one attached hydrogen (secondary N) is 1. The van der Waals surface area contributed by atoms with Crippen LogP contribution in [0.4, 0.5) is 0 Å². The highest BCUT2D eigenvalue weighted by Crippen LogP contribution is 2.04. The average molecular weight is 336 g/mol. The van der Waals surface area contributed by atoms with Gasteiger partial charge in [-0.2, -0.15) is 0 Å². The predicted molar refractivity (Wildman–Crippen MR) is 91.7 cm³/mol. The van der Waals surface area contributed by atoms with Gasteiger partial charge in [-0.15, -0.1) is 0 Å². The number of methoxy groups -OCH3 is 1. The summed E-state index contributed by atoms with van der Waals surface area (Å²) in [6, 6.07) is 0.137. The zero-order valence-corrected chi connectivity index (χ0v) is 15.0. The van der Waals surface area contributed by atoms with Gasteiger partial charge < -0.3 is 15.0 Å². The summed E-state index contributed by atoms with van der Waals surface area (Å²) >= 11 is 0. The maximum Gasteiger partial charge on any atom is 0.274 e. The van der Waals surface area contributed by atoms with Crippen LogP contribution in [0.25, 0.3) is 0 Å². The summed E-state index contributed by atoms with van der Waals surface area (Å²) in [6.45, 7) is 7.21. The molecule has 0 spiro atoms. The smallest absolute Gasteiger partial charge is 0.274 e. The summed E-state index contributed by atoms with van der Waals surface area (Å²) < 4.78 is 5.04. The minimum atomic E-state index is -0.213. The monoisotopic (exact) mass is 336 g/mol. The van der Waals surface area contributed by atoms with E-state index in [-0.39, 0.29) is 24.3 Å². The van der Waals surface area contributed by atoms with Crippen LogP contribution >= 0.6 is 0 Å². The highest BCUT2D eigenvalue weighted by Gasteiger charge is 2.18. The maximum absolute atomic E-state index is 12.6. The molecule has 1 heterocycles. The Balaban J connectivity index is 2.67. The molecule has 1 rings (SSSR count). The molecule has 0 aliphatic heterocycles. The standard InChI is InChI=1S/C17H28N4O3/c1-5-13(2)20-16(22)7-9-21(8-6-10-24-4)17(23)15-12-18-14(3)11-19-15/h11-13H,5-10H2,1-4H3,(H,20,22). The summed E-state index contributed by atoms with van der Waals surface area (Å²) in [7, 11) is 1.62. The van der Waals surface area contributed by atoms with Gasteiger partial charge in [0.05, 0.1) is 11.9 Å². The van der Waals surface area contributed by atoms with E-state index in [1.165, 1.54) is 6.20 Å². The van der Waals surface area contributed by atoms with Crippen LogP contribution in [0, 0.1) is 6.92 Å². The highest BCUT2D eigenvalue weighted by atomic mass is 16.5. The molecule has 2 amide bonds. The summed E-state index contributed by atoms with van der Waals surface area (Å²) in [4.78, 5) is 34.4. The Kier molecular flexibility index (Phi) is 8.93. The van der Waals surface area contributed by atoms with E-state index in [2.05, 4.69) is 15.3 Å².